The minimum absolute atomic E-state index is 0.0244. The van der Waals surface area contributed by atoms with Crippen molar-refractivity contribution in [2.45, 2.75) is 32.6 Å². The van der Waals surface area contributed by atoms with Crippen LogP contribution in [-0.2, 0) is 16.6 Å². The van der Waals surface area contributed by atoms with Crippen molar-refractivity contribution >= 4 is 57.8 Å². The van der Waals surface area contributed by atoms with Gasteiger partial charge in [-0.2, -0.15) is 5.26 Å². The molecule has 2 aromatic rings. The molecule has 2 saturated heterocycles. The number of benzene rings is 1. The lowest BCUT2D eigenvalue weighted by molar-refractivity contribution is -0.137. The second-order valence-electron chi connectivity index (χ2n) is 9.70. The van der Waals surface area contributed by atoms with E-state index in [1.54, 1.807) is 32.2 Å². The zero-order valence-electron chi connectivity index (χ0n) is 22.4. The van der Waals surface area contributed by atoms with Crippen LogP contribution >= 0.6 is 24.0 Å². The Morgan fingerprint density at radius 2 is 1.77 bits per heavy atom. The van der Waals surface area contributed by atoms with Gasteiger partial charge in [0.25, 0.3) is 11.5 Å². The van der Waals surface area contributed by atoms with Crippen LogP contribution in [-0.4, -0.2) is 63.5 Å². The predicted molar refractivity (Wildman–Crippen MR) is 158 cm³/mol. The van der Waals surface area contributed by atoms with Crippen LogP contribution in [0, 0.1) is 24.1 Å². The van der Waals surface area contributed by atoms with Gasteiger partial charge in [0, 0.05) is 57.4 Å². The molecule has 210 valence electrons. The normalized spacial score (nSPS) is 16.6. The number of nitrogens with zero attached hydrogens (tertiary/aromatic N) is 5. The molecule has 0 bridgehead atoms. The minimum Gasteiger partial charge on any atom is -0.481 e. The van der Waals surface area contributed by atoms with Gasteiger partial charge in [-0.3, -0.25) is 23.9 Å². The number of carboxylic acids is 1. The molecule has 2 aliphatic rings. The second kappa shape index (κ2) is 12.7. The summed E-state index contributed by atoms with van der Waals surface area (Å²) in [6, 6.07) is 8.36. The summed E-state index contributed by atoms with van der Waals surface area (Å²) in [5.41, 5.74) is 1.66. The lowest BCUT2D eigenvalue weighted by Gasteiger charge is -2.38. The fraction of sp³-hybridized carbons (Fsp3) is 0.393. The van der Waals surface area contributed by atoms with Gasteiger partial charge in [-0.25, -0.2) is 4.39 Å². The highest BCUT2D eigenvalue weighted by atomic mass is 32.2. The van der Waals surface area contributed by atoms with E-state index in [9.17, 15) is 24.0 Å². The standard InChI is InChI=1S/C28H30FN5O4S2/c1-18-21(16-23-27(38)34(28(39)40-23)11-5-3-4-6-24(35)36)25(31(2)26(37)22(18)17-30)33-14-12-32(13-15-33)20-9-7-19(29)8-10-20/h7-10,16H,3-6,11-15H2,1-2H3,(H,35,36)/b23-16-. The minimum atomic E-state index is -0.842. The molecule has 0 spiro atoms. The van der Waals surface area contributed by atoms with Crippen molar-refractivity contribution in [2.24, 2.45) is 7.05 Å². The number of amides is 1. The van der Waals surface area contributed by atoms with Crippen LogP contribution < -0.4 is 15.4 Å². The van der Waals surface area contributed by atoms with Crippen LogP contribution in [0.2, 0.25) is 0 Å². The van der Waals surface area contributed by atoms with Gasteiger partial charge in [-0.1, -0.05) is 30.4 Å². The van der Waals surface area contributed by atoms with E-state index in [1.807, 2.05) is 6.07 Å². The number of aromatic nitrogens is 1. The molecule has 4 rings (SSSR count). The Bertz CT molecular complexity index is 1460. The monoisotopic (exact) mass is 583 g/mol. The number of anilines is 2. The molecular weight excluding hydrogens is 553 g/mol. The van der Waals surface area contributed by atoms with Gasteiger partial charge in [0.1, 0.15) is 27.6 Å². The number of aliphatic carboxylic acids is 1. The third-order valence-corrected chi connectivity index (χ3v) is 8.54. The Balaban J connectivity index is 1.60. The molecule has 9 nitrogen and oxygen atoms in total. The van der Waals surface area contributed by atoms with Crippen molar-refractivity contribution < 1.29 is 19.1 Å². The van der Waals surface area contributed by atoms with Gasteiger partial charge in [0.2, 0.25) is 0 Å². The summed E-state index contributed by atoms with van der Waals surface area (Å²) in [6.07, 6.45) is 3.65. The number of thioether (sulfide) groups is 1. The first-order valence-corrected chi connectivity index (χ1v) is 14.2. The van der Waals surface area contributed by atoms with Crippen LogP contribution in [0.15, 0.2) is 34.0 Å². The molecule has 2 aliphatic heterocycles. The molecule has 0 aliphatic carbocycles. The molecule has 1 amide bonds. The molecule has 1 N–H and O–H groups in total. The van der Waals surface area contributed by atoms with Gasteiger partial charge in [-0.15, -0.1) is 0 Å². The Kier molecular flexibility index (Phi) is 9.27. The highest BCUT2D eigenvalue weighted by Gasteiger charge is 2.33. The van der Waals surface area contributed by atoms with E-state index < -0.39 is 11.5 Å². The molecule has 40 heavy (non-hydrogen) atoms. The molecule has 1 aromatic heterocycles. The Morgan fingerprint density at radius 3 is 2.40 bits per heavy atom. The molecule has 2 fully saturated rings. The maximum Gasteiger partial charge on any atom is 0.303 e. The Hall–Kier alpha value is -3.69. The van der Waals surface area contributed by atoms with E-state index in [0.29, 0.717) is 78.2 Å². The quantitative estimate of drug-likeness (QED) is 0.267. The molecule has 1 aromatic carbocycles. The summed E-state index contributed by atoms with van der Waals surface area (Å²) >= 11 is 6.65. The Labute approximate surface area is 241 Å². The number of thiocarbonyl (C=S) groups is 1. The number of halogens is 1. The molecule has 12 heteroatoms. The van der Waals surface area contributed by atoms with Gasteiger partial charge < -0.3 is 14.9 Å². The maximum absolute atomic E-state index is 13.4. The first-order valence-electron chi connectivity index (χ1n) is 13.0. The lowest BCUT2D eigenvalue weighted by atomic mass is 10.0. The van der Waals surface area contributed by atoms with Gasteiger partial charge in [-0.05, 0) is 55.7 Å². The average Bonchev–Trinajstić information content (AvgIpc) is 3.20. The number of pyridine rings is 1. The maximum atomic E-state index is 13.4. The summed E-state index contributed by atoms with van der Waals surface area (Å²) in [4.78, 5) is 43.3. The Morgan fingerprint density at radius 1 is 1.12 bits per heavy atom. The number of nitriles is 1. The summed E-state index contributed by atoms with van der Waals surface area (Å²) in [7, 11) is 1.63. The van der Waals surface area contributed by atoms with Crippen LogP contribution in [0.3, 0.4) is 0 Å². The molecule has 0 saturated carbocycles. The molecule has 0 unspecified atom stereocenters. The van der Waals surface area contributed by atoms with Crippen LogP contribution in [0.25, 0.3) is 6.08 Å². The number of unbranched alkanes of at least 4 members (excludes halogenated alkanes) is 2. The van der Waals surface area contributed by atoms with E-state index in [-0.39, 0.29) is 23.7 Å². The van der Waals surface area contributed by atoms with Gasteiger partial charge in [0.05, 0.1) is 4.91 Å². The first kappa shape index (κ1) is 29.3. The van der Waals surface area contributed by atoms with Crippen LogP contribution in [0.1, 0.15) is 42.4 Å². The summed E-state index contributed by atoms with van der Waals surface area (Å²) in [5, 5.41) is 18.5. The molecule has 3 heterocycles. The van der Waals surface area contributed by atoms with E-state index in [2.05, 4.69) is 9.80 Å². The second-order valence-corrected chi connectivity index (χ2v) is 11.4. The fourth-order valence-corrected chi connectivity index (χ4v) is 6.26. The number of carbonyl (C=O) groups is 2. The lowest BCUT2D eigenvalue weighted by Crippen LogP contribution is -2.48. The van der Waals surface area contributed by atoms with Crippen molar-refractivity contribution in [1.29, 1.82) is 5.26 Å². The number of hydrogen-bond acceptors (Lipinski definition) is 8. The topological polar surface area (TPSA) is 110 Å². The largest absolute Gasteiger partial charge is 0.481 e. The fourth-order valence-electron chi connectivity index (χ4n) is 4.97. The number of piperazine rings is 1. The van der Waals surface area contributed by atoms with Crippen molar-refractivity contribution in [3.8, 4) is 6.07 Å². The number of hydrogen-bond donors (Lipinski definition) is 1. The van der Waals surface area contributed by atoms with Gasteiger partial charge in [0.15, 0.2) is 0 Å². The zero-order valence-corrected chi connectivity index (χ0v) is 24.0. The van der Waals surface area contributed by atoms with E-state index >= 15 is 0 Å². The van der Waals surface area contributed by atoms with Crippen LogP contribution in [0.5, 0.6) is 0 Å². The highest BCUT2D eigenvalue weighted by Crippen LogP contribution is 2.36. The highest BCUT2D eigenvalue weighted by molar-refractivity contribution is 8.26. The predicted octanol–water partition coefficient (Wildman–Crippen LogP) is 3.88. The van der Waals surface area contributed by atoms with Crippen molar-refractivity contribution in [3.63, 3.8) is 0 Å². The third kappa shape index (κ3) is 6.21. The average molecular weight is 584 g/mol. The zero-order chi connectivity index (χ0) is 29.0. The van der Waals surface area contributed by atoms with Crippen molar-refractivity contribution in [3.05, 3.63) is 62.0 Å². The number of carbonyl (C=O) groups excluding carboxylic acids is 1. The number of rotatable bonds is 9. The summed E-state index contributed by atoms with van der Waals surface area (Å²) in [5.74, 6) is -0.754. The first-order chi connectivity index (χ1) is 19.1. The SMILES string of the molecule is Cc1c(/C=C2\SC(=S)N(CCCCCC(=O)O)C2=O)c(N2CCN(c3ccc(F)cc3)CC2)n(C)c(=O)c1C#N. The molecule has 0 atom stereocenters. The third-order valence-electron chi connectivity index (χ3n) is 7.16. The van der Waals surface area contributed by atoms with Crippen LogP contribution in [0.4, 0.5) is 15.9 Å². The molecule has 0 radical (unpaired) electrons. The summed E-state index contributed by atoms with van der Waals surface area (Å²) < 4.78 is 15.3. The van der Waals surface area contributed by atoms with Crippen molar-refractivity contribution in [1.82, 2.24) is 9.47 Å². The molecular formula is C28H30FN5O4S2. The van der Waals surface area contributed by atoms with E-state index in [4.69, 9.17) is 17.3 Å². The smallest absolute Gasteiger partial charge is 0.303 e. The van der Waals surface area contributed by atoms with Gasteiger partial charge >= 0.3 is 5.97 Å². The van der Waals surface area contributed by atoms with Crippen molar-refractivity contribution in [2.75, 3.05) is 42.5 Å². The van der Waals surface area contributed by atoms with E-state index in [1.165, 1.54) is 33.4 Å². The number of carboxylic acid groups (broad SMARTS) is 1. The van der Waals surface area contributed by atoms with E-state index in [0.717, 1.165) is 5.69 Å². The summed E-state index contributed by atoms with van der Waals surface area (Å²) in [6.45, 7) is 4.55.